The molecule has 1 aromatic heterocycles. The molecular formula is C24H34INO5S. The normalized spacial score (nSPS) is 22.3. The van der Waals surface area contributed by atoms with E-state index in [-0.39, 0.29) is 17.7 Å². The number of thiophene rings is 1. The molecule has 3 rings (SSSR count). The summed E-state index contributed by atoms with van der Waals surface area (Å²) in [6.45, 7) is 7.77. The molecule has 2 fully saturated rings. The van der Waals surface area contributed by atoms with Gasteiger partial charge in [0.15, 0.2) is 0 Å². The number of nitrogens with zero attached hydrogens (tertiary/aromatic N) is 1. The predicted octanol–water partition coefficient (Wildman–Crippen LogP) is 5.15. The molecular weight excluding hydrogens is 541 g/mol. The van der Waals surface area contributed by atoms with Gasteiger partial charge in [0.2, 0.25) is 0 Å². The molecule has 0 unspecified atom stereocenters. The van der Waals surface area contributed by atoms with Crippen LogP contribution in [0.4, 0.5) is 5.69 Å². The van der Waals surface area contributed by atoms with Gasteiger partial charge in [0.1, 0.15) is 0 Å². The molecule has 32 heavy (non-hydrogen) atoms. The molecule has 1 aliphatic carbocycles. The second-order valence-electron chi connectivity index (χ2n) is 9.39. The van der Waals surface area contributed by atoms with Gasteiger partial charge in [-0.15, -0.1) is 0 Å². The first-order valence-electron chi connectivity index (χ1n) is 11.1. The van der Waals surface area contributed by atoms with Gasteiger partial charge in [0.05, 0.1) is 0 Å². The summed E-state index contributed by atoms with van der Waals surface area (Å²) in [4.78, 5) is 27.5. The summed E-state index contributed by atoms with van der Waals surface area (Å²) >= 11 is -0.818. The van der Waals surface area contributed by atoms with Crippen LogP contribution in [0.5, 0.6) is 0 Å². The van der Waals surface area contributed by atoms with Gasteiger partial charge in [-0.05, 0) is 0 Å². The first kappa shape index (κ1) is 25.5. The summed E-state index contributed by atoms with van der Waals surface area (Å²) in [5, 5.41) is 9.90. The molecule has 2 heterocycles. The zero-order valence-corrected chi connectivity index (χ0v) is 22.5. The fraction of sp³-hybridized carbons (Fsp3) is 0.667. The molecule has 0 bridgehead atoms. The van der Waals surface area contributed by atoms with Gasteiger partial charge in [0, 0.05) is 0 Å². The average molecular weight is 576 g/mol. The number of anilines is 1. The van der Waals surface area contributed by atoms with Gasteiger partial charge in [-0.1, -0.05) is 0 Å². The van der Waals surface area contributed by atoms with Gasteiger partial charge in [-0.2, -0.15) is 0 Å². The number of rotatable bonds is 5. The molecule has 6 nitrogen and oxygen atoms in total. The number of hydrogen-bond donors (Lipinski definition) is 1. The van der Waals surface area contributed by atoms with Crippen LogP contribution in [-0.4, -0.2) is 44.8 Å². The number of halogens is 1. The third kappa shape index (κ3) is 6.25. The van der Waals surface area contributed by atoms with Crippen molar-refractivity contribution in [3.8, 4) is 11.8 Å². The number of ether oxygens (including phenoxy) is 2. The van der Waals surface area contributed by atoms with Gasteiger partial charge >= 0.3 is 203 Å². The standard InChI is InChI=1S/C24H34INO5S/c1-16(27)13-20-22(28)26(25(15-31-20)17-9-7-6-8-10-17)19-14-18(11-12-24(2,3)4)32-21(19)23(29)30-5/h14,16-17,20,27H,6-10,13,15H2,1-5H3/t16-,20-/m1/s1. The van der Waals surface area contributed by atoms with Crippen LogP contribution in [0.2, 0.25) is 0 Å². The van der Waals surface area contributed by atoms with Crippen molar-refractivity contribution >= 4 is 49.0 Å². The monoisotopic (exact) mass is 575 g/mol. The van der Waals surface area contributed by atoms with E-state index in [2.05, 4.69) is 11.8 Å². The molecule has 1 aliphatic heterocycles. The van der Waals surface area contributed by atoms with Crippen molar-refractivity contribution in [1.29, 1.82) is 0 Å². The van der Waals surface area contributed by atoms with Crippen molar-refractivity contribution in [2.24, 2.45) is 5.41 Å². The summed E-state index contributed by atoms with van der Waals surface area (Å²) in [6.07, 6.45) is 4.71. The Hall–Kier alpha value is -1.15. The van der Waals surface area contributed by atoms with Crippen LogP contribution in [0.25, 0.3) is 0 Å². The van der Waals surface area contributed by atoms with Crippen LogP contribution >= 0.6 is 31.4 Å². The second-order valence-corrected chi connectivity index (χ2v) is 15.9. The van der Waals surface area contributed by atoms with Gasteiger partial charge in [0.25, 0.3) is 0 Å². The SMILES string of the molecule is COC(=O)c1sc(C#CC(C)(C)C)cc1N1C(=O)[C@@H](C[C@@H](C)O)OCI1C1CCCCC1. The molecule has 1 saturated carbocycles. The fourth-order valence-corrected chi connectivity index (χ4v) is 11.6. The third-order valence-corrected chi connectivity index (χ3v) is 12.9. The number of aliphatic hydroxyl groups is 1. The summed E-state index contributed by atoms with van der Waals surface area (Å²) in [7, 11) is 1.36. The van der Waals surface area contributed by atoms with Gasteiger partial charge in [-0.3, -0.25) is 0 Å². The van der Waals surface area contributed by atoms with Crippen molar-refractivity contribution in [3.63, 3.8) is 0 Å². The molecule has 0 spiro atoms. The van der Waals surface area contributed by atoms with E-state index in [0.29, 0.717) is 19.1 Å². The van der Waals surface area contributed by atoms with Gasteiger partial charge in [-0.25, -0.2) is 0 Å². The molecule has 1 N–H and O–H groups in total. The minimum absolute atomic E-state index is 0.133. The first-order valence-corrected chi connectivity index (χ1v) is 15.7. The molecule has 0 aromatic carbocycles. The van der Waals surface area contributed by atoms with E-state index >= 15 is 0 Å². The van der Waals surface area contributed by atoms with E-state index < -0.39 is 38.3 Å². The number of alkyl halides is 2. The van der Waals surface area contributed by atoms with Crippen molar-refractivity contribution < 1.29 is 24.2 Å². The van der Waals surface area contributed by atoms with Crippen LogP contribution in [0.3, 0.4) is 0 Å². The number of amides is 1. The van der Waals surface area contributed by atoms with E-state index in [1.807, 2.05) is 30.0 Å². The van der Waals surface area contributed by atoms with E-state index in [4.69, 9.17) is 9.47 Å². The molecule has 1 aromatic rings. The zero-order chi connectivity index (χ0) is 23.5. The summed E-state index contributed by atoms with van der Waals surface area (Å²) in [5.41, 5.74) is 0.451. The van der Waals surface area contributed by atoms with Crippen molar-refractivity contribution in [2.45, 2.75) is 82.4 Å². The van der Waals surface area contributed by atoms with Crippen LogP contribution in [0.1, 0.15) is 80.8 Å². The Kier molecular flexibility index (Phi) is 8.64. The van der Waals surface area contributed by atoms with Crippen LogP contribution in [-0.2, 0) is 14.3 Å². The molecule has 8 heteroatoms. The van der Waals surface area contributed by atoms with Crippen molar-refractivity contribution in [1.82, 2.24) is 0 Å². The third-order valence-electron chi connectivity index (χ3n) is 5.36. The van der Waals surface area contributed by atoms with E-state index in [1.54, 1.807) is 6.92 Å². The quantitative estimate of drug-likeness (QED) is 0.173. The Bertz CT molecular complexity index is 888. The number of carbonyl (C=O) groups excluding carboxylic acids is 2. The summed E-state index contributed by atoms with van der Waals surface area (Å²) in [6, 6.07) is 1.88. The Balaban J connectivity index is 2.06. The number of hydrogen-bond acceptors (Lipinski definition) is 6. The summed E-state index contributed by atoms with van der Waals surface area (Å²) < 4.78 is 14.0. The first-order chi connectivity index (χ1) is 15.1. The van der Waals surface area contributed by atoms with Crippen LogP contribution in [0.15, 0.2) is 6.07 Å². The molecule has 2 aliphatic rings. The topological polar surface area (TPSA) is 76.1 Å². The minimum atomic E-state index is -2.10. The molecule has 178 valence electrons. The maximum absolute atomic E-state index is 13.6. The Morgan fingerprint density at radius 1 is 1.38 bits per heavy atom. The zero-order valence-electron chi connectivity index (χ0n) is 19.6. The second kappa shape index (κ2) is 10.9. The van der Waals surface area contributed by atoms with Gasteiger partial charge < -0.3 is 0 Å². The average Bonchev–Trinajstić information content (AvgIpc) is 3.17. The number of esters is 1. The summed E-state index contributed by atoms with van der Waals surface area (Å²) in [5.74, 6) is 5.83. The molecule has 1 saturated heterocycles. The van der Waals surface area contributed by atoms with E-state index in [1.165, 1.54) is 37.7 Å². The molecule has 2 atom stereocenters. The number of methoxy groups -OCH3 is 1. The van der Waals surface area contributed by atoms with E-state index in [0.717, 1.165) is 17.7 Å². The fourth-order valence-electron chi connectivity index (χ4n) is 3.82. The Morgan fingerprint density at radius 2 is 2.06 bits per heavy atom. The molecule has 1 amide bonds. The van der Waals surface area contributed by atoms with Crippen molar-refractivity contribution in [2.75, 3.05) is 14.8 Å². The maximum atomic E-state index is 13.6. The van der Waals surface area contributed by atoms with Crippen molar-refractivity contribution in [3.05, 3.63) is 15.8 Å². The molecule has 0 radical (unpaired) electrons. The van der Waals surface area contributed by atoms with Crippen LogP contribution < -0.4 is 3.11 Å². The Morgan fingerprint density at radius 3 is 2.66 bits per heavy atom. The van der Waals surface area contributed by atoms with E-state index in [9.17, 15) is 14.7 Å². The number of carbonyl (C=O) groups is 2. The predicted molar refractivity (Wildman–Crippen MR) is 136 cm³/mol. The number of aliphatic hydroxyl groups excluding tert-OH is 1. The van der Waals surface area contributed by atoms with Crippen LogP contribution in [0, 0.1) is 17.3 Å². The Labute approximate surface area is 202 Å².